The lowest BCUT2D eigenvalue weighted by Crippen LogP contribution is -2.06. The summed E-state index contributed by atoms with van der Waals surface area (Å²) in [6, 6.07) is 66.2. The standard InChI is InChI=1S/C50H32N6/c1-3-15-33(16-4-1)37-23-11-25-39(31-37)45-51-47(43-29-13-21-35-19-7-9-27-41(35)43)55-49(53-45)50-54-46(40-26-12-24-38(32-40)34-17-5-2-6-18-34)52-48(56-50)44-30-14-22-36-20-8-10-28-42(36)44/h1-32H. The minimum Gasteiger partial charge on any atom is -0.208 e. The molecule has 262 valence electrons. The fourth-order valence-corrected chi connectivity index (χ4v) is 7.23. The van der Waals surface area contributed by atoms with Gasteiger partial charge >= 0.3 is 0 Å². The molecule has 0 aliphatic carbocycles. The Balaban J connectivity index is 1.22. The highest BCUT2D eigenvalue weighted by Crippen LogP contribution is 2.34. The zero-order valence-electron chi connectivity index (χ0n) is 30.2. The Labute approximate surface area is 324 Å². The molecule has 2 heterocycles. The van der Waals surface area contributed by atoms with Crippen LogP contribution in [0.2, 0.25) is 0 Å². The molecular formula is C50H32N6. The fourth-order valence-electron chi connectivity index (χ4n) is 7.23. The van der Waals surface area contributed by atoms with Crippen LogP contribution in [-0.4, -0.2) is 29.9 Å². The van der Waals surface area contributed by atoms with Crippen molar-refractivity contribution in [3.8, 4) is 79.5 Å². The zero-order valence-corrected chi connectivity index (χ0v) is 30.2. The van der Waals surface area contributed by atoms with Crippen LogP contribution < -0.4 is 0 Å². The third kappa shape index (κ3) is 6.35. The SMILES string of the molecule is c1ccc(-c2cccc(-c3nc(-c4nc(-c5cccc(-c6ccccc6)c5)nc(-c5cccc6ccccc56)n4)nc(-c4cccc5ccccc45)n3)c2)cc1. The van der Waals surface area contributed by atoms with Gasteiger partial charge in [-0.25, -0.2) is 29.9 Å². The second kappa shape index (κ2) is 14.3. The molecular weight excluding hydrogens is 685 g/mol. The summed E-state index contributed by atoms with van der Waals surface area (Å²) in [6.07, 6.45) is 0. The predicted molar refractivity (Wildman–Crippen MR) is 226 cm³/mol. The van der Waals surface area contributed by atoms with Crippen molar-refractivity contribution < 1.29 is 0 Å². The first-order chi connectivity index (χ1) is 27.7. The average Bonchev–Trinajstić information content (AvgIpc) is 3.29. The van der Waals surface area contributed by atoms with E-state index < -0.39 is 0 Å². The van der Waals surface area contributed by atoms with Crippen LogP contribution in [0.3, 0.4) is 0 Å². The second-order valence-corrected chi connectivity index (χ2v) is 13.6. The van der Waals surface area contributed by atoms with E-state index in [1.807, 2.05) is 97.1 Å². The fraction of sp³-hybridized carbons (Fsp3) is 0. The lowest BCUT2D eigenvalue weighted by molar-refractivity contribution is 1.01. The van der Waals surface area contributed by atoms with Gasteiger partial charge < -0.3 is 0 Å². The Hall–Kier alpha value is -7.70. The van der Waals surface area contributed by atoms with Crippen LogP contribution in [0, 0.1) is 0 Å². The molecule has 0 amide bonds. The molecule has 6 nitrogen and oxygen atoms in total. The minimum absolute atomic E-state index is 0.354. The largest absolute Gasteiger partial charge is 0.208 e. The highest BCUT2D eigenvalue weighted by molar-refractivity contribution is 5.96. The van der Waals surface area contributed by atoms with E-state index in [1.165, 1.54) is 0 Å². The molecule has 10 aromatic rings. The van der Waals surface area contributed by atoms with Gasteiger partial charge in [0, 0.05) is 22.3 Å². The smallest absolute Gasteiger partial charge is 0.202 e. The van der Waals surface area contributed by atoms with Gasteiger partial charge in [0.2, 0.25) is 11.6 Å². The van der Waals surface area contributed by atoms with Gasteiger partial charge in [0.15, 0.2) is 23.3 Å². The van der Waals surface area contributed by atoms with Crippen LogP contribution in [0.15, 0.2) is 194 Å². The Morgan fingerprint density at radius 3 is 1.00 bits per heavy atom. The van der Waals surface area contributed by atoms with Crippen molar-refractivity contribution >= 4 is 21.5 Å². The van der Waals surface area contributed by atoms with Gasteiger partial charge in [0.25, 0.3) is 0 Å². The van der Waals surface area contributed by atoms with Gasteiger partial charge in [-0.05, 0) is 55.9 Å². The van der Waals surface area contributed by atoms with Gasteiger partial charge in [-0.2, -0.15) is 0 Å². The third-order valence-electron chi connectivity index (χ3n) is 9.99. The number of hydrogen-bond acceptors (Lipinski definition) is 6. The van der Waals surface area contributed by atoms with E-state index in [-0.39, 0.29) is 0 Å². The van der Waals surface area contributed by atoms with Crippen LogP contribution in [-0.2, 0) is 0 Å². The van der Waals surface area contributed by atoms with E-state index in [0.717, 1.165) is 66.1 Å². The molecule has 2 aromatic heterocycles. The number of nitrogens with zero attached hydrogens (tertiary/aromatic N) is 6. The first-order valence-electron chi connectivity index (χ1n) is 18.5. The zero-order chi connectivity index (χ0) is 37.3. The molecule has 8 aromatic carbocycles. The van der Waals surface area contributed by atoms with Gasteiger partial charge in [-0.15, -0.1) is 0 Å². The Morgan fingerprint density at radius 1 is 0.214 bits per heavy atom. The summed E-state index contributed by atoms with van der Waals surface area (Å²) in [6.45, 7) is 0. The van der Waals surface area contributed by atoms with Gasteiger partial charge in [-0.1, -0.05) is 182 Å². The second-order valence-electron chi connectivity index (χ2n) is 13.6. The molecule has 0 bridgehead atoms. The summed E-state index contributed by atoms with van der Waals surface area (Å²) in [7, 11) is 0. The van der Waals surface area contributed by atoms with Crippen LogP contribution in [0.25, 0.3) is 101 Å². The number of aromatic nitrogens is 6. The Bertz CT molecular complexity index is 2820. The highest BCUT2D eigenvalue weighted by atomic mass is 15.1. The lowest BCUT2D eigenvalue weighted by atomic mass is 10.0. The van der Waals surface area contributed by atoms with Crippen molar-refractivity contribution in [2.45, 2.75) is 0 Å². The van der Waals surface area contributed by atoms with E-state index in [9.17, 15) is 0 Å². The molecule has 0 aliphatic rings. The normalized spacial score (nSPS) is 11.2. The monoisotopic (exact) mass is 716 g/mol. The number of benzene rings is 8. The topological polar surface area (TPSA) is 77.3 Å². The molecule has 0 fully saturated rings. The Morgan fingerprint density at radius 2 is 0.536 bits per heavy atom. The first kappa shape index (κ1) is 32.9. The molecule has 56 heavy (non-hydrogen) atoms. The number of hydrogen-bond donors (Lipinski definition) is 0. The Kier molecular flexibility index (Phi) is 8.39. The lowest BCUT2D eigenvalue weighted by Gasteiger charge is -2.13. The van der Waals surface area contributed by atoms with Crippen LogP contribution in [0.5, 0.6) is 0 Å². The molecule has 6 heteroatoms. The molecule has 0 saturated heterocycles. The van der Waals surface area contributed by atoms with Crippen LogP contribution in [0.4, 0.5) is 0 Å². The van der Waals surface area contributed by atoms with Crippen molar-refractivity contribution in [1.29, 1.82) is 0 Å². The number of rotatable bonds is 7. The van der Waals surface area contributed by atoms with Crippen molar-refractivity contribution in [3.05, 3.63) is 194 Å². The third-order valence-corrected chi connectivity index (χ3v) is 9.99. The predicted octanol–water partition coefficient (Wildman–Crippen LogP) is 12.0. The van der Waals surface area contributed by atoms with Crippen molar-refractivity contribution in [2.24, 2.45) is 0 Å². The number of fused-ring (bicyclic) bond motifs is 2. The van der Waals surface area contributed by atoms with Gasteiger partial charge in [0.05, 0.1) is 0 Å². The first-order valence-corrected chi connectivity index (χ1v) is 18.5. The van der Waals surface area contributed by atoms with E-state index >= 15 is 0 Å². The molecule has 0 spiro atoms. The average molecular weight is 717 g/mol. The maximum atomic E-state index is 5.15. The molecule has 0 saturated carbocycles. The molecule has 0 radical (unpaired) electrons. The molecule has 0 aliphatic heterocycles. The van der Waals surface area contributed by atoms with E-state index in [2.05, 4.69) is 97.1 Å². The summed E-state index contributed by atoms with van der Waals surface area (Å²) in [5.41, 5.74) is 7.85. The van der Waals surface area contributed by atoms with Crippen LogP contribution in [0.1, 0.15) is 0 Å². The quantitative estimate of drug-likeness (QED) is 0.163. The van der Waals surface area contributed by atoms with Crippen LogP contribution >= 0.6 is 0 Å². The highest BCUT2D eigenvalue weighted by Gasteiger charge is 2.20. The maximum Gasteiger partial charge on any atom is 0.202 e. The van der Waals surface area contributed by atoms with Crippen molar-refractivity contribution in [1.82, 2.24) is 29.9 Å². The molecule has 0 N–H and O–H groups in total. The molecule has 10 rings (SSSR count). The van der Waals surface area contributed by atoms with Crippen molar-refractivity contribution in [3.63, 3.8) is 0 Å². The van der Waals surface area contributed by atoms with E-state index in [1.54, 1.807) is 0 Å². The van der Waals surface area contributed by atoms with Crippen molar-refractivity contribution in [2.75, 3.05) is 0 Å². The summed E-state index contributed by atoms with van der Waals surface area (Å²) >= 11 is 0. The molecule has 0 atom stereocenters. The van der Waals surface area contributed by atoms with E-state index in [0.29, 0.717) is 34.9 Å². The summed E-state index contributed by atoms with van der Waals surface area (Å²) in [4.78, 5) is 30.9. The summed E-state index contributed by atoms with van der Waals surface area (Å²) < 4.78 is 0. The minimum atomic E-state index is 0.354. The van der Waals surface area contributed by atoms with E-state index in [4.69, 9.17) is 29.9 Å². The summed E-state index contributed by atoms with van der Waals surface area (Å²) in [5, 5.41) is 4.28. The maximum absolute atomic E-state index is 5.15. The summed E-state index contributed by atoms with van der Waals surface area (Å²) in [5.74, 6) is 2.82. The molecule has 0 unspecified atom stereocenters. The van der Waals surface area contributed by atoms with Gasteiger partial charge in [-0.3, -0.25) is 0 Å². The van der Waals surface area contributed by atoms with Gasteiger partial charge in [0.1, 0.15) is 0 Å².